The van der Waals surface area contributed by atoms with Gasteiger partial charge in [-0.2, -0.15) is 18.2 Å². The van der Waals surface area contributed by atoms with E-state index < -0.39 is 23.4 Å². The number of nitrogens with zero attached hydrogens (tertiary/aromatic N) is 3. The van der Waals surface area contributed by atoms with Crippen molar-refractivity contribution in [3.8, 4) is 0 Å². The van der Waals surface area contributed by atoms with Crippen LogP contribution in [0.3, 0.4) is 0 Å². The molecule has 0 spiro atoms. The van der Waals surface area contributed by atoms with Gasteiger partial charge in [-0.1, -0.05) is 30.6 Å². The van der Waals surface area contributed by atoms with E-state index >= 15 is 0 Å². The number of nitrogens with two attached hydrogens (primary N) is 1. The molecule has 0 saturated heterocycles. The van der Waals surface area contributed by atoms with E-state index in [1.807, 2.05) is 50.2 Å². The first kappa shape index (κ1) is 21.7. The van der Waals surface area contributed by atoms with Crippen LogP contribution >= 0.6 is 0 Å². The third kappa shape index (κ3) is 5.71. The van der Waals surface area contributed by atoms with Gasteiger partial charge in [-0.15, -0.1) is 0 Å². The molecular formula is C19H25F3N4O2. The normalized spacial score (nSPS) is 13.9. The third-order valence-electron chi connectivity index (χ3n) is 4.73. The monoisotopic (exact) mass is 398 g/mol. The molecule has 9 heteroatoms. The summed E-state index contributed by atoms with van der Waals surface area (Å²) in [6.07, 6.45) is -2.26. The maximum Gasteiger partial charge on any atom is 0.471 e. The zero-order valence-electron chi connectivity index (χ0n) is 16.2. The lowest BCUT2D eigenvalue weighted by atomic mass is 9.78. The number of unbranched alkanes of at least 4 members (excludes halogenated alkanes) is 1. The highest BCUT2D eigenvalue weighted by Crippen LogP contribution is 2.30. The molecule has 154 valence electrons. The maximum atomic E-state index is 12.5. The number of rotatable bonds is 9. The summed E-state index contributed by atoms with van der Waals surface area (Å²) >= 11 is 0. The highest BCUT2D eigenvalue weighted by Gasteiger charge is 2.38. The summed E-state index contributed by atoms with van der Waals surface area (Å²) in [6, 6.07) is 7.89. The van der Waals surface area contributed by atoms with Crippen LogP contribution in [0.4, 0.5) is 18.9 Å². The molecule has 1 aromatic carbocycles. The molecule has 28 heavy (non-hydrogen) atoms. The summed E-state index contributed by atoms with van der Waals surface area (Å²) in [7, 11) is 3.90. The van der Waals surface area contributed by atoms with Crippen molar-refractivity contribution in [2.45, 2.75) is 45.2 Å². The average molecular weight is 398 g/mol. The molecule has 0 bridgehead atoms. The number of carbonyl (C=O) groups excluding carboxylic acids is 1. The van der Waals surface area contributed by atoms with Crippen molar-refractivity contribution >= 4 is 11.6 Å². The first-order valence-corrected chi connectivity index (χ1v) is 8.97. The second kappa shape index (κ2) is 8.62. The first-order valence-electron chi connectivity index (χ1n) is 8.97. The van der Waals surface area contributed by atoms with Crippen LogP contribution in [0.25, 0.3) is 0 Å². The molecule has 0 fully saturated rings. The Hall–Kier alpha value is -2.58. The van der Waals surface area contributed by atoms with Gasteiger partial charge in [0.1, 0.15) is 0 Å². The molecule has 0 radical (unpaired) electrons. The lowest BCUT2D eigenvalue weighted by molar-refractivity contribution is -0.159. The number of aryl methyl sites for hydroxylation is 1. The highest BCUT2D eigenvalue weighted by atomic mass is 19.4. The molecule has 2 aromatic rings. The largest absolute Gasteiger partial charge is 0.471 e. The van der Waals surface area contributed by atoms with Crippen LogP contribution < -0.4 is 10.6 Å². The van der Waals surface area contributed by atoms with Gasteiger partial charge in [-0.25, -0.2) is 0 Å². The average Bonchev–Trinajstić information content (AvgIpc) is 3.08. The van der Waals surface area contributed by atoms with E-state index in [2.05, 4.69) is 14.7 Å². The minimum Gasteiger partial charge on any atom is -0.378 e. The number of carbonyl (C=O) groups is 1. The number of benzene rings is 1. The smallest absolute Gasteiger partial charge is 0.378 e. The number of aromatic nitrogens is 2. The number of hydrogen-bond donors (Lipinski definition) is 1. The molecule has 0 saturated carbocycles. The lowest BCUT2D eigenvalue weighted by Gasteiger charge is -2.26. The standard InChI is InChI=1S/C19H25F3N4O2/c1-18(16(23)27,12-13-7-9-14(10-8-13)26(2)3)11-5-4-6-15-24-17(28-25-15)19(20,21)22/h7-10H,4-6,11-12H2,1-3H3,(H2,23,27). The Kier molecular flexibility index (Phi) is 6.69. The van der Waals surface area contributed by atoms with Crippen molar-refractivity contribution in [1.82, 2.24) is 10.1 Å². The van der Waals surface area contributed by atoms with Crippen LogP contribution in [0, 0.1) is 5.41 Å². The van der Waals surface area contributed by atoms with Gasteiger partial charge < -0.3 is 15.2 Å². The predicted octanol–water partition coefficient (Wildman–Crippen LogP) is 3.60. The van der Waals surface area contributed by atoms with Crippen LogP contribution in [0.15, 0.2) is 28.8 Å². The molecule has 6 nitrogen and oxygen atoms in total. The minimum absolute atomic E-state index is 0.00683. The van der Waals surface area contributed by atoms with E-state index in [4.69, 9.17) is 5.73 Å². The number of halogens is 3. The van der Waals surface area contributed by atoms with Gasteiger partial charge in [0.2, 0.25) is 5.91 Å². The van der Waals surface area contributed by atoms with Crippen molar-refractivity contribution in [2.24, 2.45) is 11.1 Å². The zero-order chi connectivity index (χ0) is 20.9. The fourth-order valence-electron chi connectivity index (χ4n) is 2.93. The third-order valence-corrected chi connectivity index (χ3v) is 4.73. The quantitative estimate of drug-likeness (QED) is 0.653. The van der Waals surface area contributed by atoms with Crippen molar-refractivity contribution in [1.29, 1.82) is 0 Å². The molecular weight excluding hydrogens is 373 g/mol. The van der Waals surface area contributed by atoms with Crippen molar-refractivity contribution in [3.63, 3.8) is 0 Å². The number of primary amides is 1. The Labute approximate surface area is 161 Å². The van der Waals surface area contributed by atoms with Crippen LogP contribution in [-0.2, 0) is 23.8 Å². The molecule has 0 aliphatic heterocycles. The molecule has 2 rings (SSSR count). The fourth-order valence-corrected chi connectivity index (χ4v) is 2.93. The summed E-state index contributed by atoms with van der Waals surface area (Å²) in [5.74, 6) is -1.74. The second-order valence-electron chi connectivity index (χ2n) is 7.38. The Morgan fingerprint density at radius 3 is 2.32 bits per heavy atom. The number of anilines is 1. The number of alkyl halides is 3. The topological polar surface area (TPSA) is 85.2 Å². The summed E-state index contributed by atoms with van der Waals surface area (Å²) < 4.78 is 41.6. The summed E-state index contributed by atoms with van der Waals surface area (Å²) in [5, 5.41) is 3.34. The van der Waals surface area contributed by atoms with Gasteiger partial charge in [0.25, 0.3) is 0 Å². The minimum atomic E-state index is -4.64. The van der Waals surface area contributed by atoms with Crippen LogP contribution in [-0.4, -0.2) is 30.1 Å². The van der Waals surface area contributed by atoms with E-state index in [0.29, 0.717) is 25.7 Å². The van der Waals surface area contributed by atoms with E-state index in [9.17, 15) is 18.0 Å². The van der Waals surface area contributed by atoms with Crippen LogP contribution in [0.5, 0.6) is 0 Å². The van der Waals surface area contributed by atoms with Crippen LogP contribution in [0.2, 0.25) is 0 Å². The molecule has 0 aliphatic carbocycles. The predicted molar refractivity (Wildman–Crippen MR) is 98.6 cm³/mol. The molecule has 1 atom stereocenters. The van der Waals surface area contributed by atoms with Gasteiger partial charge in [-0.05, 0) is 37.0 Å². The van der Waals surface area contributed by atoms with Gasteiger partial charge in [-0.3, -0.25) is 4.79 Å². The van der Waals surface area contributed by atoms with Gasteiger partial charge in [0.05, 0.1) is 5.41 Å². The Morgan fingerprint density at radius 2 is 1.82 bits per heavy atom. The number of hydrogen-bond acceptors (Lipinski definition) is 5. The molecule has 1 heterocycles. The Balaban J connectivity index is 1.91. The second-order valence-corrected chi connectivity index (χ2v) is 7.38. The van der Waals surface area contributed by atoms with Gasteiger partial charge in [0.15, 0.2) is 5.82 Å². The van der Waals surface area contributed by atoms with E-state index in [-0.39, 0.29) is 12.2 Å². The zero-order valence-corrected chi connectivity index (χ0v) is 16.2. The Bertz CT molecular complexity index is 787. The lowest BCUT2D eigenvalue weighted by Crippen LogP contribution is -2.36. The van der Waals surface area contributed by atoms with E-state index in [1.54, 1.807) is 0 Å². The highest BCUT2D eigenvalue weighted by molar-refractivity contribution is 5.80. The van der Waals surface area contributed by atoms with Crippen molar-refractivity contribution in [3.05, 3.63) is 41.5 Å². The Morgan fingerprint density at radius 1 is 1.18 bits per heavy atom. The molecule has 1 aromatic heterocycles. The first-order chi connectivity index (χ1) is 13.0. The summed E-state index contributed by atoms with van der Waals surface area (Å²) in [4.78, 5) is 17.4. The maximum absolute atomic E-state index is 12.5. The summed E-state index contributed by atoms with van der Waals surface area (Å²) in [6.45, 7) is 1.81. The molecule has 0 aliphatic rings. The molecule has 1 unspecified atom stereocenters. The van der Waals surface area contributed by atoms with Crippen LogP contribution in [0.1, 0.15) is 43.5 Å². The van der Waals surface area contributed by atoms with Crippen molar-refractivity contribution < 1.29 is 22.5 Å². The van der Waals surface area contributed by atoms with Gasteiger partial charge in [0, 0.05) is 26.2 Å². The van der Waals surface area contributed by atoms with Crippen molar-refractivity contribution in [2.75, 3.05) is 19.0 Å². The molecule has 1 amide bonds. The molecule has 2 N–H and O–H groups in total. The fraction of sp³-hybridized carbons (Fsp3) is 0.526. The SMILES string of the molecule is CN(C)c1ccc(CC(C)(CCCCc2noc(C(F)(F)F)n2)C(N)=O)cc1. The number of amides is 1. The van der Waals surface area contributed by atoms with E-state index in [0.717, 1.165) is 11.3 Å². The van der Waals surface area contributed by atoms with Gasteiger partial charge >= 0.3 is 12.1 Å². The van der Waals surface area contributed by atoms with E-state index in [1.165, 1.54) is 0 Å². The summed E-state index contributed by atoms with van der Waals surface area (Å²) in [5.41, 5.74) is 6.95.